The van der Waals surface area contributed by atoms with E-state index in [1.165, 1.54) is 6.07 Å². The molecule has 0 saturated heterocycles. The van der Waals surface area contributed by atoms with Crippen LogP contribution in [0.4, 0.5) is 0 Å². The molecule has 31 heavy (non-hydrogen) atoms. The molecule has 0 amide bonds. The number of esters is 2. The van der Waals surface area contributed by atoms with Gasteiger partial charge in [0.25, 0.3) is 0 Å². The summed E-state index contributed by atoms with van der Waals surface area (Å²) >= 11 is 2.04. The number of carbonyl (C=O) groups excluding carboxylic acids is 2. The first-order valence-corrected chi connectivity index (χ1v) is 11.6. The van der Waals surface area contributed by atoms with Crippen LogP contribution in [0, 0.1) is 3.57 Å². The molecule has 8 nitrogen and oxygen atoms in total. The summed E-state index contributed by atoms with van der Waals surface area (Å²) < 4.78 is 32.4. The molecule has 0 spiro atoms. The minimum Gasteiger partial charge on any atom is -0.460 e. The van der Waals surface area contributed by atoms with Gasteiger partial charge in [0, 0.05) is 16.8 Å². The molecule has 0 bridgehead atoms. The Bertz CT molecular complexity index is 638. The van der Waals surface area contributed by atoms with Gasteiger partial charge in [0.1, 0.15) is 13.2 Å². The highest BCUT2D eigenvalue weighted by molar-refractivity contribution is 14.1. The molecule has 0 aliphatic rings. The van der Waals surface area contributed by atoms with E-state index < -0.39 is 11.9 Å². The van der Waals surface area contributed by atoms with Gasteiger partial charge in [-0.05, 0) is 54.1 Å². The molecule has 0 aliphatic carbocycles. The summed E-state index contributed by atoms with van der Waals surface area (Å²) in [6, 6.07) is 4.77. The lowest BCUT2D eigenvalue weighted by atomic mass is 10.1. The van der Waals surface area contributed by atoms with E-state index in [-0.39, 0.29) is 37.6 Å². The van der Waals surface area contributed by atoms with Crippen molar-refractivity contribution in [1.29, 1.82) is 0 Å². The van der Waals surface area contributed by atoms with Gasteiger partial charge in [-0.2, -0.15) is 0 Å². The van der Waals surface area contributed by atoms with E-state index in [0.717, 1.165) is 23.0 Å². The highest BCUT2D eigenvalue weighted by atomic mass is 127. The molecule has 9 heteroatoms. The Labute approximate surface area is 198 Å². The summed E-state index contributed by atoms with van der Waals surface area (Å²) in [4.78, 5) is 24.5. The van der Waals surface area contributed by atoms with Crippen LogP contribution in [0.3, 0.4) is 0 Å². The summed E-state index contributed by atoms with van der Waals surface area (Å²) in [7, 11) is 0. The topological polar surface area (TPSA) is 89.5 Å². The maximum Gasteiger partial charge on any atom is 0.338 e. The first-order valence-electron chi connectivity index (χ1n) is 10.5. The summed E-state index contributed by atoms with van der Waals surface area (Å²) in [6.45, 7) is 8.11. The Morgan fingerprint density at radius 2 is 1.13 bits per heavy atom. The van der Waals surface area contributed by atoms with Crippen molar-refractivity contribution in [1.82, 2.24) is 0 Å². The minimum absolute atomic E-state index is 0.121. The normalized spacial score (nSPS) is 10.8. The average Bonchev–Trinajstić information content (AvgIpc) is 2.76. The number of benzene rings is 1. The molecule has 0 radical (unpaired) electrons. The predicted molar refractivity (Wildman–Crippen MR) is 124 cm³/mol. The minimum atomic E-state index is -0.521. The van der Waals surface area contributed by atoms with Crippen LogP contribution in [-0.4, -0.2) is 78.0 Å². The van der Waals surface area contributed by atoms with Crippen LogP contribution < -0.4 is 0 Å². The second kappa shape index (κ2) is 18.3. The molecule has 1 rings (SSSR count). The second-order valence-corrected chi connectivity index (χ2v) is 7.63. The summed E-state index contributed by atoms with van der Waals surface area (Å²) in [6.07, 6.45) is 2.13. The van der Waals surface area contributed by atoms with Crippen molar-refractivity contribution in [3.63, 3.8) is 0 Å². The Morgan fingerprint density at radius 3 is 1.61 bits per heavy atom. The van der Waals surface area contributed by atoms with Gasteiger partial charge in [-0.15, -0.1) is 0 Å². The lowest BCUT2D eigenvalue weighted by molar-refractivity contribution is 0.0143. The Balaban J connectivity index is 2.31. The SMILES string of the molecule is CCCCOCCOCCOC(=O)c1cc(I)cc(C(=O)OCCOCCOCC)c1. The van der Waals surface area contributed by atoms with E-state index in [1.54, 1.807) is 12.1 Å². The third kappa shape index (κ3) is 13.7. The van der Waals surface area contributed by atoms with Crippen LogP contribution in [0.5, 0.6) is 0 Å². The zero-order chi connectivity index (χ0) is 22.7. The van der Waals surface area contributed by atoms with Gasteiger partial charge in [0.05, 0.1) is 50.8 Å². The molecule has 0 aromatic heterocycles. The number of ether oxygens (including phenoxy) is 6. The van der Waals surface area contributed by atoms with Gasteiger partial charge in [-0.25, -0.2) is 9.59 Å². The lowest BCUT2D eigenvalue weighted by Gasteiger charge is -2.09. The first-order chi connectivity index (χ1) is 15.1. The van der Waals surface area contributed by atoms with Crippen LogP contribution in [0.25, 0.3) is 0 Å². The maximum absolute atomic E-state index is 12.3. The van der Waals surface area contributed by atoms with E-state index in [4.69, 9.17) is 28.4 Å². The van der Waals surface area contributed by atoms with Gasteiger partial charge in [-0.1, -0.05) is 13.3 Å². The van der Waals surface area contributed by atoms with Crippen LogP contribution in [-0.2, 0) is 28.4 Å². The number of unbranched alkanes of at least 4 members (excludes halogenated alkanes) is 1. The molecular weight excluding hydrogens is 519 g/mol. The van der Waals surface area contributed by atoms with Gasteiger partial charge >= 0.3 is 11.9 Å². The number of rotatable bonds is 18. The van der Waals surface area contributed by atoms with Gasteiger partial charge in [-0.3, -0.25) is 0 Å². The molecule has 0 saturated carbocycles. The first kappa shape index (κ1) is 27.8. The largest absolute Gasteiger partial charge is 0.460 e. The zero-order valence-corrected chi connectivity index (χ0v) is 20.5. The monoisotopic (exact) mass is 552 g/mol. The number of hydrogen-bond acceptors (Lipinski definition) is 8. The van der Waals surface area contributed by atoms with Gasteiger partial charge in [0.15, 0.2) is 0 Å². The molecule has 1 aromatic rings. The summed E-state index contributed by atoms with van der Waals surface area (Å²) in [5.41, 5.74) is 0.573. The average molecular weight is 552 g/mol. The second-order valence-electron chi connectivity index (χ2n) is 6.39. The Morgan fingerprint density at radius 1 is 0.677 bits per heavy atom. The van der Waals surface area contributed by atoms with Crippen LogP contribution in [0.2, 0.25) is 0 Å². The molecule has 0 aliphatic heterocycles. The van der Waals surface area contributed by atoms with E-state index in [9.17, 15) is 9.59 Å². The van der Waals surface area contributed by atoms with Crippen molar-refractivity contribution in [2.75, 3.05) is 66.1 Å². The van der Waals surface area contributed by atoms with E-state index in [2.05, 4.69) is 6.92 Å². The third-order valence-electron chi connectivity index (χ3n) is 3.88. The van der Waals surface area contributed by atoms with Crippen LogP contribution in [0.1, 0.15) is 47.4 Å². The van der Waals surface area contributed by atoms with Crippen molar-refractivity contribution in [3.05, 3.63) is 32.9 Å². The summed E-state index contributed by atoms with van der Waals surface area (Å²) in [5.74, 6) is -1.04. The predicted octanol–water partition coefficient (Wildman–Crippen LogP) is 3.49. The van der Waals surface area contributed by atoms with Crippen LogP contribution in [0.15, 0.2) is 18.2 Å². The van der Waals surface area contributed by atoms with Crippen molar-refractivity contribution >= 4 is 34.5 Å². The molecule has 0 N–H and O–H groups in total. The molecule has 0 atom stereocenters. The molecule has 0 heterocycles. The number of carbonyl (C=O) groups is 2. The number of halogens is 1. The van der Waals surface area contributed by atoms with E-state index >= 15 is 0 Å². The van der Waals surface area contributed by atoms with Crippen molar-refractivity contribution in [2.24, 2.45) is 0 Å². The quantitative estimate of drug-likeness (QED) is 0.155. The van der Waals surface area contributed by atoms with Gasteiger partial charge in [0.2, 0.25) is 0 Å². The van der Waals surface area contributed by atoms with E-state index in [0.29, 0.717) is 33.0 Å². The summed E-state index contributed by atoms with van der Waals surface area (Å²) in [5, 5.41) is 0. The highest BCUT2D eigenvalue weighted by Gasteiger charge is 2.14. The molecular formula is C22H33IO8. The Kier molecular flexibility index (Phi) is 16.4. The molecule has 1 aromatic carbocycles. The smallest absolute Gasteiger partial charge is 0.338 e. The molecule has 0 fully saturated rings. The van der Waals surface area contributed by atoms with Crippen molar-refractivity contribution in [3.8, 4) is 0 Å². The molecule has 176 valence electrons. The fraction of sp³-hybridized carbons (Fsp3) is 0.636. The Hall–Kier alpha value is -1.27. The fourth-order valence-electron chi connectivity index (χ4n) is 2.31. The van der Waals surface area contributed by atoms with Crippen LogP contribution >= 0.6 is 22.6 Å². The van der Waals surface area contributed by atoms with E-state index in [1.807, 2.05) is 29.5 Å². The highest BCUT2D eigenvalue weighted by Crippen LogP contribution is 2.15. The van der Waals surface area contributed by atoms with Crippen molar-refractivity contribution < 1.29 is 38.0 Å². The third-order valence-corrected chi connectivity index (χ3v) is 4.50. The van der Waals surface area contributed by atoms with Crippen molar-refractivity contribution in [2.45, 2.75) is 26.7 Å². The lowest BCUT2D eigenvalue weighted by Crippen LogP contribution is -2.15. The number of hydrogen-bond donors (Lipinski definition) is 0. The fourth-order valence-corrected chi connectivity index (χ4v) is 2.98. The van der Waals surface area contributed by atoms with Gasteiger partial charge < -0.3 is 28.4 Å². The standard InChI is InChI=1S/C22H33IO8/c1-3-5-6-27-9-10-29-12-14-31-22(25)19-15-18(16-20(23)17-19)21(24)30-13-11-28-8-7-26-4-2/h15-17H,3-14H2,1-2H3. The molecule has 0 unspecified atom stereocenters. The zero-order valence-electron chi connectivity index (χ0n) is 18.4. The maximum atomic E-state index is 12.3.